The minimum Gasteiger partial charge on any atom is -0.508 e. The van der Waals surface area contributed by atoms with Crippen LogP contribution in [0.25, 0.3) is 0 Å². The van der Waals surface area contributed by atoms with Gasteiger partial charge in [0.25, 0.3) is 0 Å². The first kappa shape index (κ1) is 58.5. The molecule has 24 nitrogen and oxygen atoms in total. The second-order valence-electron chi connectivity index (χ2n) is 19.7. The van der Waals surface area contributed by atoms with Crippen molar-refractivity contribution in [1.29, 1.82) is 0 Å². The second kappa shape index (κ2) is 26.2. The zero-order valence-corrected chi connectivity index (χ0v) is 43.0. The fraction of sp³-hybridized carbons (Fsp3) is 0.569. The van der Waals surface area contributed by atoms with E-state index in [1.54, 1.807) is 39.0 Å². The number of likely N-dealkylation sites (N-methyl/N-ethyl adjacent to an activating group) is 1. The number of esters is 1. The molecule has 3 saturated heterocycles. The van der Waals surface area contributed by atoms with Gasteiger partial charge in [0.05, 0.1) is 6.10 Å². The van der Waals surface area contributed by atoms with E-state index in [2.05, 4.69) is 26.6 Å². The van der Waals surface area contributed by atoms with Crippen molar-refractivity contribution in [3.05, 3.63) is 59.2 Å². The number of hydrogen-bond donors (Lipinski definition) is 10. The van der Waals surface area contributed by atoms with Crippen LogP contribution >= 0.6 is 0 Å². The normalized spacial score (nSPS) is 26.5. The van der Waals surface area contributed by atoms with E-state index in [1.807, 2.05) is 0 Å². The molecular formula is C51H71N9O15. The number of piperidine rings is 1. The first-order valence-electron chi connectivity index (χ1n) is 25.2. The molecule has 0 unspecified atom stereocenters. The van der Waals surface area contributed by atoms with Gasteiger partial charge in [-0.25, -0.2) is 4.79 Å². The number of aliphatic hydroxyl groups excluding tert-OH is 2. The van der Waals surface area contributed by atoms with Crippen LogP contribution in [0, 0.1) is 12.8 Å². The zero-order valence-electron chi connectivity index (χ0n) is 43.0. The monoisotopic (exact) mass is 1050 g/mol. The Labute approximate surface area is 434 Å². The number of cyclic esters (lactones) is 1. The van der Waals surface area contributed by atoms with E-state index in [0.717, 1.165) is 9.80 Å². The average molecular weight is 1050 g/mol. The number of aryl methyl sites for hydroxylation is 2. The summed E-state index contributed by atoms with van der Waals surface area (Å²) in [6.07, 6.45) is -4.97. The molecule has 11 N–H and O–H groups in total. The highest BCUT2D eigenvalue weighted by Gasteiger charge is 2.47. The molecule has 0 spiro atoms. The van der Waals surface area contributed by atoms with Gasteiger partial charge in [-0.15, -0.1) is 0 Å². The number of nitrogens with two attached hydrogens (primary N) is 1. The highest BCUT2D eigenvalue weighted by Crippen LogP contribution is 2.26. The van der Waals surface area contributed by atoms with E-state index in [-0.39, 0.29) is 69.4 Å². The van der Waals surface area contributed by atoms with Crippen molar-refractivity contribution in [2.45, 2.75) is 166 Å². The third kappa shape index (κ3) is 14.9. The van der Waals surface area contributed by atoms with E-state index in [4.69, 9.17) is 10.5 Å². The standard InChI is InChI=1S/C51H71N9O15/c1-7-26(2)41-51(74)75-29(5)42(57-45(68)34(17-20-39(52)65)53-46(69)36-9-8-22-59(36)25-61)48(71)54-33(16-12-30-10-14-32(63)15-11-30)44(67)55-35-18-21-40(66)60(49(35)72)43(28(4)62)50(73)58(6)37(47(70)56-41)24-31-13-19-38(64)27(3)23-31/h10-11,13-15,19,23,25-26,28-29,33-37,40-43,62-64,66H,7-9,12,16-18,20-22,24H2,1-6H3,(H2,52,65)(H,53,69)(H,54,71)(H,55,67)(H,56,70)(H,57,68)/t26-,28+,29+,33-,34-,35-,36-,37-,40+,41-,42-,43-/m0/s1. The third-order valence-corrected chi connectivity index (χ3v) is 14.2. The molecule has 2 bridgehead atoms. The Bertz CT molecular complexity index is 2440. The van der Waals surface area contributed by atoms with Crippen molar-refractivity contribution in [2.75, 3.05) is 13.6 Å². The highest BCUT2D eigenvalue weighted by molar-refractivity contribution is 5.99. The third-order valence-electron chi connectivity index (χ3n) is 14.2. The molecule has 3 aliphatic rings. The Balaban J connectivity index is 1.63. The average Bonchev–Trinajstić information content (AvgIpc) is 3.86. The number of ether oxygens (including phenoxy) is 1. The van der Waals surface area contributed by atoms with Crippen LogP contribution in [0.5, 0.6) is 11.5 Å². The number of fused-ring (bicyclic) bond motifs is 2. The molecule has 12 atom stereocenters. The van der Waals surface area contributed by atoms with Gasteiger partial charge >= 0.3 is 5.97 Å². The summed E-state index contributed by atoms with van der Waals surface area (Å²) in [6, 6.07) is -1.81. The largest absolute Gasteiger partial charge is 0.508 e. The molecule has 2 aromatic rings. The lowest BCUT2D eigenvalue weighted by atomic mass is 9.95. The van der Waals surface area contributed by atoms with Crippen LogP contribution in [0.15, 0.2) is 42.5 Å². The van der Waals surface area contributed by atoms with E-state index in [1.165, 1.54) is 50.1 Å². The van der Waals surface area contributed by atoms with Crippen LogP contribution < -0.4 is 32.3 Å². The molecule has 3 fully saturated rings. The van der Waals surface area contributed by atoms with Crippen molar-refractivity contribution >= 4 is 59.6 Å². The van der Waals surface area contributed by atoms with Crippen LogP contribution in [0.2, 0.25) is 0 Å². The predicted octanol–water partition coefficient (Wildman–Crippen LogP) is -1.60. The van der Waals surface area contributed by atoms with Crippen LogP contribution in [-0.4, -0.2) is 175 Å². The molecule has 3 aliphatic heterocycles. The number of hydrogen-bond acceptors (Lipinski definition) is 15. The lowest BCUT2D eigenvalue weighted by Gasteiger charge is -2.43. The van der Waals surface area contributed by atoms with Gasteiger partial charge in [0.1, 0.15) is 72.2 Å². The first-order valence-corrected chi connectivity index (χ1v) is 25.2. The summed E-state index contributed by atoms with van der Waals surface area (Å²) in [5, 5.41) is 55.8. The molecule has 5 rings (SSSR count). The number of phenols is 2. The fourth-order valence-electron chi connectivity index (χ4n) is 9.44. The van der Waals surface area contributed by atoms with Gasteiger partial charge in [-0.05, 0) is 107 Å². The Morgan fingerprint density at radius 2 is 1.60 bits per heavy atom. The second-order valence-corrected chi connectivity index (χ2v) is 19.7. The number of phenolic OH excluding ortho intramolecular Hbond substituents is 2. The number of nitrogens with one attached hydrogen (secondary N) is 5. The fourth-order valence-corrected chi connectivity index (χ4v) is 9.44. The van der Waals surface area contributed by atoms with Crippen molar-refractivity contribution in [3.8, 4) is 11.5 Å². The Morgan fingerprint density at radius 3 is 2.23 bits per heavy atom. The molecule has 0 aromatic heterocycles. The topological polar surface area (TPSA) is 357 Å². The van der Waals surface area contributed by atoms with E-state index in [9.17, 15) is 68.4 Å². The summed E-state index contributed by atoms with van der Waals surface area (Å²) in [5.74, 6) is -9.49. The summed E-state index contributed by atoms with van der Waals surface area (Å²) >= 11 is 0. The number of nitrogens with zero attached hydrogens (tertiary/aromatic N) is 3. The molecular weight excluding hydrogens is 979 g/mol. The number of carbonyl (C=O) groups is 10. The maximum atomic E-state index is 14.8. The Morgan fingerprint density at radius 1 is 0.920 bits per heavy atom. The molecule has 3 heterocycles. The number of primary amides is 1. The van der Waals surface area contributed by atoms with Crippen LogP contribution in [0.1, 0.15) is 95.8 Å². The zero-order chi connectivity index (χ0) is 55.4. The van der Waals surface area contributed by atoms with Gasteiger partial charge in [0.2, 0.25) is 53.7 Å². The number of amides is 9. The molecule has 9 amide bonds. The van der Waals surface area contributed by atoms with Gasteiger partial charge in [0, 0.05) is 26.4 Å². The van der Waals surface area contributed by atoms with E-state index < -0.39 is 132 Å². The molecule has 24 heteroatoms. The number of aromatic hydroxyl groups is 2. The summed E-state index contributed by atoms with van der Waals surface area (Å²) in [4.78, 5) is 143. The summed E-state index contributed by atoms with van der Waals surface area (Å²) in [6.45, 7) is 7.68. The molecule has 2 aromatic carbocycles. The van der Waals surface area contributed by atoms with E-state index >= 15 is 0 Å². The number of rotatable bonds is 16. The van der Waals surface area contributed by atoms with Crippen LogP contribution in [0.3, 0.4) is 0 Å². The van der Waals surface area contributed by atoms with Crippen molar-refractivity contribution in [1.82, 2.24) is 41.3 Å². The lowest BCUT2D eigenvalue weighted by molar-refractivity contribution is -0.170. The minimum absolute atomic E-state index is 0.0470. The van der Waals surface area contributed by atoms with Crippen molar-refractivity contribution < 1.29 is 73.1 Å². The van der Waals surface area contributed by atoms with Crippen molar-refractivity contribution in [3.63, 3.8) is 0 Å². The highest BCUT2D eigenvalue weighted by atomic mass is 16.5. The Hall–Kier alpha value is -7.34. The maximum Gasteiger partial charge on any atom is 0.329 e. The number of carbonyl (C=O) groups excluding carboxylic acids is 10. The van der Waals surface area contributed by atoms with Gasteiger partial charge in [0.15, 0.2) is 0 Å². The van der Waals surface area contributed by atoms with Crippen LogP contribution in [-0.2, 0) is 65.5 Å². The van der Waals surface area contributed by atoms with Gasteiger partial charge in [-0.3, -0.25) is 43.2 Å². The van der Waals surface area contributed by atoms with Crippen molar-refractivity contribution in [2.24, 2.45) is 11.7 Å². The smallest absolute Gasteiger partial charge is 0.329 e. The van der Waals surface area contributed by atoms with Crippen LogP contribution in [0.4, 0.5) is 0 Å². The lowest BCUT2D eigenvalue weighted by Crippen LogP contribution is -2.67. The molecule has 0 aliphatic carbocycles. The Kier molecular flexibility index (Phi) is 20.5. The quantitative estimate of drug-likeness (QED) is 0.0669. The summed E-state index contributed by atoms with van der Waals surface area (Å²) in [7, 11) is 1.24. The predicted molar refractivity (Wildman–Crippen MR) is 266 cm³/mol. The summed E-state index contributed by atoms with van der Waals surface area (Å²) < 4.78 is 5.94. The number of aliphatic hydroxyl groups is 2. The number of benzene rings is 2. The van der Waals surface area contributed by atoms with E-state index in [0.29, 0.717) is 29.5 Å². The molecule has 0 saturated carbocycles. The summed E-state index contributed by atoms with van der Waals surface area (Å²) in [5.41, 5.74) is 6.92. The van der Waals surface area contributed by atoms with Gasteiger partial charge < -0.3 is 72.2 Å². The molecule has 75 heavy (non-hydrogen) atoms. The molecule has 410 valence electrons. The minimum atomic E-state index is -1.89. The molecule has 0 radical (unpaired) electrons. The number of likely N-dealkylation sites (tertiary alicyclic amines) is 1. The first-order chi connectivity index (χ1) is 35.4. The maximum absolute atomic E-state index is 14.8. The SMILES string of the molecule is CC[C@H](C)[C@@H]1NC(=O)[C@H](Cc2ccc(O)c(C)c2)N(C)C(=O)[C@H]([C@@H](C)O)N2C(=O)[C@H](CC[C@H]2O)NC(=O)[C@H](CCc2ccc(O)cc2)NC(=O)[C@@H](NC(=O)[C@H](CCC(N)=O)NC(=O)[C@@H]2CCCN2C=O)[C@@H](C)OC1=O. The van der Waals surface area contributed by atoms with Gasteiger partial charge in [-0.2, -0.15) is 0 Å². The van der Waals surface area contributed by atoms with Gasteiger partial charge in [-0.1, -0.05) is 44.5 Å².